The summed E-state index contributed by atoms with van der Waals surface area (Å²) in [7, 11) is 0. The average Bonchev–Trinajstić information content (AvgIpc) is 2.89. The Bertz CT molecular complexity index is 1270. The number of aromatic nitrogens is 3. The van der Waals surface area contributed by atoms with Crippen LogP contribution in [0.2, 0.25) is 0 Å². The van der Waals surface area contributed by atoms with Crippen molar-refractivity contribution in [1.82, 2.24) is 19.4 Å². The first-order valence-electron chi connectivity index (χ1n) is 12.3. The van der Waals surface area contributed by atoms with E-state index in [1.54, 1.807) is 0 Å². The van der Waals surface area contributed by atoms with E-state index in [4.69, 9.17) is 14.7 Å². The number of hydrogen-bond acceptors (Lipinski definition) is 5. The van der Waals surface area contributed by atoms with Crippen molar-refractivity contribution in [1.29, 1.82) is 0 Å². The highest BCUT2D eigenvalue weighted by molar-refractivity contribution is 5.79. The Kier molecular flexibility index (Phi) is 6.70. The van der Waals surface area contributed by atoms with Crippen LogP contribution in [0.1, 0.15) is 38.4 Å². The topological polar surface area (TPSA) is 60.2 Å². The van der Waals surface area contributed by atoms with Gasteiger partial charge in [0, 0.05) is 31.4 Å². The van der Waals surface area contributed by atoms with Gasteiger partial charge in [0.05, 0.1) is 35.9 Å². The van der Waals surface area contributed by atoms with Crippen LogP contribution < -0.4 is 5.56 Å². The lowest BCUT2D eigenvalue weighted by atomic mass is 9.92. The average molecular weight is 457 g/mol. The first-order chi connectivity index (χ1) is 16.6. The molecule has 0 amide bonds. The van der Waals surface area contributed by atoms with Crippen LogP contribution in [0.4, 0.5) is 0 Å². The fourth-order valence-corrected chi connectivity index (χ4v) is 4.71. The second kappa shape index (κ2) is 10.0. The number of pyridine rings is 1. The van der Waals surface area contributed by atoms with Crippen LogP contribution >= 0.6 is 0 Å². The molecule has 1 saturated heterocycles. The van der Waals surface area contributed by atoms with Crippen molar-refractivity contribution in [2.75, 3.05) is 26.3 Å². The molecule has 0 N–H and O–H groups in total. The Hall–Kier alpha value is -3.09. The molecule has 2 aliphatic rings. The Morgan fingerprint density at radius 2 is 1.97 bits per heavy atom. The van der Waals surface area contributed by atoms with Crippen LogP contribution in [0, 0.1) is 5.92 Å². The number of para-hydroxylation sites is 1. The lowest BCUT2D eigenvalue weighted by molar-refractivity contribution is 0.0336. The molecule has 3 aromatic rings. The van der Waals surface area contributed by atoms with Crippen molar-refractivity contribution in [2.24, 2.45) is 5.92 Å². The summed E-state index contributed by atoms with van der Waals surface area (Å²) in [6.45, 7) is 8.65. The highest BCUT2D eigenvalue weighted by Crippen LogP contribution is 2.29. The molecule has 1 fully saturated rings. The van der Waals surface area contributed by atoms with Crippen molar-refractivity contribution >= 4 is 10.9 Å². The summed E-state index contributed by atoms with van der Waals surface area (Å²) >= 11 is 0. The van der Waals surface area contributed by atoms with E-state index < -0.39 is 0 Å². The van der Waals surface area contributed by atoms with Gasteiger partial charge in [0.15, 0.2) is 0 Å². The minimum absolute atomic E-state index is 0.00645. The van der Waals surface area contributed by atoms with Crippen molar-refractivity contribution in [2.45, 2.75) is 39.3 Å². The van der Waals surface area contributed by atoms with Gasteiger partial charge in [-0.25, -0.2) is 4.98 Å². The quantitative estimate of drug-likeness (QED) is 0.535. The van der Waals surface area contributed by atoms with E-state index in [2.05, 4.69) is 37.0 Å². The van der Waals surface area contributed by atoms with Gasteiger partial charge in [-0.3, -0.25) is 19.2 Å². The van der Waals surface area contributed by atoms with Crippen molar-refractivity contribution in [3.63, 3.8) is 0 Å². The molecule has 34 heavy (non-hydrogen) atoms. The zero-order chi connectivity index (χ0) is 23.5. The van der Waals surface area contributed by atoms with Crippen LogP contribution in [0.25, 0.3) is 22.3 Å². The van der Waals surface area contributed by atoms with Crippen molar-refractivity contribution < 1.29 is 4.74 Å². The summed E-state index contributed by atoms with van der Waals surface area (Å²) in [5, 5.41) is 0.647. The molecule has 5 rings (SSSR count). The van der Waals surface area contributed by atoms with E-state index in [9.17, 15) is 4.79 Å². The molecule has 2 aromatic heterocycles. The Morgan fingerprint density at radius 1 is 1.15 bits per heavy atom. The van der Waals surface area contributed by atoms with Crippen LogP contribution in [-0.4, -0.2) is 45.7 Å². The molecular formula is C28H32N4O2. The van der Waals surface area contributed by atoms with Crippen LogP contribution in [0.15, 0.2) is 71.2 Å². The van der Waals surface area contributed by atoms with E-state index in [0.29, 0.717) is 22.6 Å². The van der Waals surface area contributed by atoms with E-state index in [0.717, 1.165) is 56.9 Å². The normalized spacial score (nSPS) is 19.8. The van der Waals surface area contributed by atoms with Crippen molar-refractivity contribution in [3.8, 4) is 11.4 Å². The highest BCUT2D eigenvalue weighted by atomic mass is 16.5. The number of hydrogen-bond donors (Lipinski definition) is 0. The molecule has 1 aromatic carbocycles. The minimum Gasteiger partial charge on any atom is -0.379 e. The van der Waals surface area contributed by atoms with Crippen LogP contribution in [0.5, 0.6) is 0 Å². The number of nitrogens with zero attached hydrogens (tertiary/aromatic N) is 4. The number of benzene rings is 1. The minimum atomic E-state index is -0.0690. The summed E-state index contributed by atoms with van der Waals surface area (Å²) in [5.41, 5.74) is 3.92. The Balaban J connectivity index is 1.51. The zero-order valence-electron chi connectivity index (χ0n) is 20.0. The first kappa shape index (κ1) is 22.7. The standard InChI is InChI=1S/C28H32N4O2/c1-3-20(2)21-9-12-24(13-10-21)32-27(30-26-7-5-4-6-25(26)28(32)33)22-8-11-23(29-18-22)19-31-14-16-34-17-15-31/h4-12,18,20,24H,3,13-17,19H2,1-2H3. The molecule has 0 saturated carbocycles. The van der Waals surface area contributed by atoms with Gasteiger partial charge in [0.1, 0.15) is 5.82 Å². The summed E-state index contributed by atoms with van der Waals surface area (Å²) in [6, 6.07) is 11.6. The molecule has 3 heterocycles. The number of ether oxygens (including phenoxy) is 1. The molecule has 0 bridgehead atoms. The maximum atomic E-state index is 13.7. The molecule has 1 aliphatic heterocycles. The molecule has 6 heteroatoms. The van der Waals surface area contributed by atoms with Crippen LogP contribution in [-0.2, 0) is 11.3 Å². The van der Waals surface area contributed by atoms with Gasteiger partial charge < -0.3 is 4.74 Å². The fourth-order valence-electron chi connectivity index (χ4n) is 4.71. The molecule has 0 radical (unpaired) electrons. The van der Waals surface area contributed by atoms with Gasteiger partial charge in [-0.05, 0) is 48.6 Å². The van der Waals surface area contributed by atoms with E-state index in [-0.39, 0.29) is 11.6 Å². The number of fused-ring (bicyclic) bond motifs is 1. The van der Waals surface area contributed by atoms with Gasteiger partial charge in [-0.2, -0.15) is 0 Å². The predicted octanol–water partition coefficient (Wildman–Crippen LogP) is 4.76. The predicted molar refractivity (Wildman–Crippen MR) is 136 cm³/mol. The molecule has 1 aliphatic carbocycles. The van der Waals surface area contributed by atoms with Gasteiger partial charge in [-0.15, -0.1) is 0 Å². The largest absolute Gasteiger partial charge is 0.379 e. The summed E-state index contributed by atoms with van der Waals surface area (Å²) in [4.78, 5) is 25.7. The van der Waals surface area contributed by atoms with E-state index >= 15 is 0 Å². The Labute approximate surface area is 200 Å². The van der Waals surface area contributed by atoms with Crippen LogP contribution in [0.3, 0.4) is 0 Å². The van der Waals surface area contributed by atoms with E-state index in [1.165, 1.54) is 5.57 Å². The molecule has 176 valence electrons. The smallest absolute Gasteiger partial charge is 0.262 e. The molecule has 2 unspecified atom stereocenters. The zero-order valence-corrected chi connectivity index (χ0v) is 20.0. The van der Waals surface area contributed by atoms with Gasteiger partial charge >= 0.3 is 0 Å². The SMILES string of the molecule is CCC(C)C1=CCC(n2c(-c3ccc(CN4CCOCC4)nc3)nc3ccccc3c2=O)C=C1. The maximum Gasteiger partial charge on any atom is 0.262 e. The van der Waals surface area contributed by atoms with Gasteiger partial charge in [-0.1, -0.05) is 44.2 Å². The van der Waals surface area contributed by atoms with Gasteiger partial charge in [0.25, 0.3) is 5.56 Å². The third-order valence-electron chi connectivity index (χ3n) is 7.00. The summed E-state index contributed by atoms with van der Waals surface area (Å²) < 4.78 is 7.29. The number of rotatable bonds is 6. The lowest BCUT2D eigenvalue weighted by Crippen LogP contribution is -2.35. The third kappa shape index (κ3) is 4.61. The first-order valence-corrected chi connectivity index (χ1v) is 12.3. The number of allylic oxidation sites excluding steroid dienone is 4. The number of morpholine rings is 1. The monoisotopic (exact) mass is 456 g/mol. The fraction of sp³-hybridized carbons (Fsp3) is 0.393. The highest BCUT2D eigenvalue weighted by Gasteiger charge is 2.21. The molecule has 2 atom stereocenters. The molecule has 6 nitrogen and oxygen atoms in total. The van der Waals surface area contributed by atoms with Crippen molar-refractivity contribution in [3.05, 3.63) is 82.4 Å². The molecular weight excluding hydrogens is 424 g/mol. The summed E-state index contributed by atoms with van der Waals surface area (Å²) in [6.07, 6.45) is 10.3. The Morgan fingerprint density at radius 3 is 2.68 bits per heavy atom. The second-order valence-electron chi connectivity index (χ2n) is 9.23. The lowest BCUT2D eigenvalue weighted by Gasteiger charge is -2.26. The third-order valence-corrected chi connectivity index (χ3v) is 7.00. The summed E-state index contributed by atoms with van der Waals surface area (Å²) in [5.74, 6) is 1.19. The van der Waals surface area contributed by atoms with E-state index in [1.807, 2.05) is 47.2 Å². The molecule has 0 spiro atoms. The maximum absolute atomic E-state index is 13.7. The second-order valence-corrected chi connectivity index (χ2v) is 9.23. The van der Waals surface area contributed by atoms with Gasteiger partial charge in [0.2, 0.25) is 0 Å².